The SMILES string of the molecule is COc1cccc(Cn2nc(C(F)(F)F)c(NC(=O)c3cc(C(N)=O)nc4ccc(Br)cc34)c2C)c1. The monoisotopic (exact) mass is 561 g/mol. The molecule has 0 bridgehead atoms. The van der Waals surface area contributed by atoms with E-state index in [9.17, 15) is 22.8 Å². The van der Waals surface area contributed by atoms with Gasteiger partial charge in [0, 0.05) is 9.86 Å². The summed E-state index contributed by atoms with van der Waals surface area (Å²) in [6.07, 6.45) is -4.84. The Morgan fingerprint density at radius 2 is 1.92 bits per heavy atom. The maximum Gasteiger partial charge on any atom is 0.437 e. The molecular weight excluding hydrogens is 543 g/mol. The molecule has 0 aliphatic carbocycles. The van der Waals surface area contributed by atoms with Gasteiger partial charge < -0.3 is 15.8 Å². The molecule has 0 atom stereocenters. The van der Waals surface area contributed by atoms with Crippen molar-refractivity contribution in [2.24, 2.45) is 5.73 Å². The summed E-state index contributed by atoms with van der Waals surface area (Å²) in [4.78, 5) is 29.1. The number of aromatic nitrogens is 3. The van der Waals surface area contributed by atoms with E-state index in [0.717, 1.165) is 10.7 Å². The number of primary amides is 1. The van der Waals surface area contributed by atoms with E-state index in [-0.39, 0.29) is 29.0 Å². The summed E-state index contributed by atoms with van der Waals surface area (Å²) in [6.45, 7) is 1.44. The molecule has 0 radical (unpaired) electrons. The summed E-state index contributed by atoms with van der Waals surface area (Å²) in [5.41, 5.74) is 4.37. The highest BCUT2D eigenvalue weighted by atomic mass is 79.9. The van der Waals surface area contributed by atoms with Crippen molar-refractivity contribution in [1.82, 2.24) is 14.8 Å². The molecule has 8 nitrogen and oxygen atoms in total. The molecule has 36 heavy (non-hydrogen) atoms. The average molecular weight is 562 g/mol. The highest BCUT2D eigenvalue weighted by Gasteiger charge is 2.39. The molecule has 2 heterocycles. The number of ether oxygens (including phenoxy) is 1. The van der Waals surface area contributed by atoms with E-state index in [2.05, 4.69) is 31.3 Å². The lowest BCUT2D eigenvalue weighted by Crippen LogP contribution is -2.19. The first-order chi connectivity index (χ1) is 17.0. The highest BCUT2D eigenvalue weighted by Crippen LogP contribution is 2.36. The third-order valence-corrected chi connectivity index (χ3v) is 5.94. The molecule has 2 aromatic heterocycles. The Labute approximate surface area is 211 Å². The predicted molar refractivity (Wildman–Crippen MR) is 130 cm³/mol. The molecule has 0 saturated heterocycles. The van der Waals surface area contributed by atoms with Crippen molar-refractivity contribution in [3.8, 4) is 5.75 Å². The van der Waals surface area contributed by atoms with Crippen molar-refractivity contribution >= 4 is 44.3 Å². The number of hydrogen-bond acceptors (Lipinski definition) is 5. The lowest BCUT2D eigenvalue weighted by Gasteiger charge is -2.12. The Kier molecular flexibility index (Phi) is 6.72. The summed E-state index contributed by atoms with van der Waals surface area (Å²) >= 11 is 3.30. The fourth-order valence-electron chi connectivity index (χ4n) is 3.68. The van der Waals surface area contributed by atoms with Crippen LogP contribution in [0.3, 0.4) is 0 Å². The smallest absolute Gasteiger partial charge is 0.437 e. The van der Waals surface area contributed by atoms with Crippen LogP contribution in [-0.4, -0.2) is 33.7 Å². The van der Waals surface area contributed by atoms with Crippen molar-refractivity contribution < 1.29 is 27.5 Å². The van der Waals surface area contributed by atoms with Crippen LogP contribution in [-0.2, 0) is 12.7 Å². The number of methoxy groups -OCH3 is 1. The van der Waals surface area contributed by atoms with Crippen LogP contribution >= 0.6 is 15.9 Å². The number of nitrogens with two attached hydrogens (primary N) is 1. The van der Waals surface area contributed by atoms with Crippen molar-refractivity contribution in [2.75, 3.05) is 12.4 Å². The summed E-state index contributed by atoms with van der Waals surface area (Å²) in [7, 11) is 1.48. The van der Waals surface area contributed by atoms with Crippen LogP contribution in [0, 0.1) is 6.92 Å². The largest absolute Gasteiger partial charge is 0.497 e. The fourth-order valence-corrected chi connectivity index (χ4v) is 4.05. The standard InChI is InChI=1S/C24H19BrF3N5O3/c1-12-20(21(24(26,27)28)32-33(12)11-13-4-3-5-15(8-13)36-2)31-23(35)17-10-19(22(29)34)30-18-7-6-14(25)9-16(17)18/h3-10H,11H2,1-2H3,(H2,29,34)(H,31,35). The van der Waals surface area contributed by atoms with Crippen molar-refractivity contribution in [3.05, 3.63) is 81.2 Å². The van der Waals surface area contributed by atoms with E-state index >= 15 is 0 Å². The second-order valence-corrected chi connectivity index (χ2v) is 8.77. The summed E-state index contributed by atoms with van der Waals surface area (Å²) in [5.74, 6) is -1.22. The van der Waals surface area contributed by atoms with Gasteiger partial charge in [0.05, 0.1) is 36.1 Å². The van der Waals surface area contributed by atoms with Gasteiger partial charge in [-0.2, -0.15) is 18.3 Å². The second kappa shape index (κ2) is 9.61. The molecule has 4 rings (SSSR count). The Bertz CT molecular complexity index is 1500. The van der Waals surface area contributed by atoms with E-state index in [1.165, 1.54) is 14.0 Å². The van der Waals surface area contributed by atoms with Crippen LogP contribution in [0.4, 0.5) is 18.9 Å². The molecule has 0 unspecified atom stereocenters. The number of rotatable bonds is 6. The predicted octanol–water partition coefficient (Wildman–Crippen LogP) is 4.93. The highest BCUT2D eigenvalue weighted by molar-refractivity contribution is 9.10. The van der Waals surface area contributed by atoms with Crippen LogP contribution in [0.25, 0.3) is 10.9 Å². The Morgan fingerprint density at radius 3 is 2.58 bits per heavy atom. The molecule has 0 aliphatic heterocycles. The number of carbonyl (C=O) groups excluding carboxylic acids is 2. The Hall–Kier alpha value is -3.93. The minimum absolute atomic E-state index is 0.0128. The number of nitrogens with one attached hydrogen (secondary N) is 1. The van der Waals surface area contributed by atoms with Crippen molar-refractivity contribution in [1.29, 1.82) is 0 Å². The van der Waals surface area contributed by atoms with Crippen LogP contribution < -0.4 is 15.8 Å². The number of hydrogen-bond donors (Lipinski definition) is 2. The summed E-state index contributed by atoms with van der Waals surface area (Å²) < 4.78 is 48.6. The van der Waals surface area contributed by atoms with Gasteiger partial charge in [-0.1, -0.05) is 28.1 Å². The summed E-state index contributed by atoms with van der Waals surface area (Å²) in [6, 6.07) is 12.8. The van der Waals surface area contributed by atoms with Crippen LogP contribution in [0.1, 0.15) is 37.8 Å². The number of fused-ring (bicyclic) bond motifs is 1. The maximum atomic E-state index is 13.9. The lowest BCUT2D eigenvalue weighted by molar-refractivity contribution is -0.140. The number of alkyl halides is 3. The molecule has 186 valence electrons. The molecule has 0 fully saturated rings. The molecule has 2 aromatic carbocycles. The molecule has 2 amide bonds. The van der Waals surface area contributed by atoms with Crippen LogP contribution in [0.15, 0.2) is 53.0 Å². The van der Waals surface area contributed by atoms with Gasteiger partial charge in [-0.05, 0) is 48.9 Å². The van der Waals surface area contributed by atoms with Gasteiger partial charge >= 0.3 is 6.18 Å². The van der Waals surface area contributed by atoms with E-state index in [1.54, 1.807) is 42.5 Å². The van der Waals surface area contributed by atoms with Gasteiger partial charge in [-0.15, -0.1) is 0 Å². The number of benzene rings is 2. The Balaban J connectivity index is 1.78. The van der Waals surface area contributed by atoms with Gasteiger partial charge in [0.25, 0.3) is 11.8 Å². The number of halogens is 4. The molecule has 3 N–H and O–H groups in total. The molecule has 0 saturated carbocycles. The number of nitrogens with zero attached hydrogens (tertiary/aromatic N) is 3. The van der Waals surface area contributed by atoms with Gasteiger partial charge in [-0.25, -0.2) is 4.98 Å². The lowest BCUT2D eigenvalue weighted by atomic mass is 10.1. The quantitative estimate of drug-likeness (QED) is 0.346. The van der Waals surface area contributed by atoms with Crippen LogP contribution in [0.2, 0.25) is 0 Å². The van der Waals surface area contributed by atoms with Gasteiger partial charge in [-0.3, -0.25) is 14.3 Å². The first kappa shape index (κ1) is 25.2. The maximum absolute atomic E-state index is 13.9. The number of carbonyl (C=O) groups is 2. The van der Waals surface area contributed by atoms with E-state index in [1.807, 2.05) is 0 Å². The third kappa shape index (κ3) is 5.03. The fraction of sp³-hybridized carbons (Fsp3) is 0.167. The zero-order chi connectivity index (χ0) is 26.2. The molecule has 0 aliphatic rings. The van der Waals surface area contributed by atoms with Crippen molar-refractivity contribution in [2.45, 2.75) is 19.6 Å². The summed E-state index contributed by atoms with van der Waals surface area (Å²) in [5, 5.41) is 6.41. The zero-order valence-corrected chi connectivity index (χ0v) is 20.6. The molecule has 0 spiro atoms. The van der Waals surface area contributed by atoms with Gasteiger partial charge in [0.15, 0.2) is 5.69 Å². The number of amides is 2. The van der Waals surface area contributed by atoms with E-state index < -0.39 is 29.4 Å². The van der Waals surface area contributed by atoms with Gasteiger partial charge in [0.1, 0.15) is 11.4 Å². The normalized spacial score (nSPS) is 11.5. The van der Waals surface area contributed by atoms with Crippen LogP contribution in [0.5, 0.6) is 5.75 Å². The molecule has 12 heteroatoms. The molecular formula is C24H19BrF3N5O3. The first-order valence-electron chi connectivity index (χ1n) is 10.5. The molecule has 4 aromatic rings. The van der Waals surface area contributed by atoms with Crippen molar-refractivity contribution in [3.63, 3.8) is 0 Å². The van der Waals surface area contributed by atoms with E-state index in [0.29, 0.717) is 21.2 Å². The average Bonchev–Trinajstić information content (AvgIpc) is 3.13. The number of pyridine rings is 1. The third-order valence-electron chi connectivity index (χ3n) is 5.45. The second-order valence-electron chi connectivity index (χ2n) is 7.85. The zero-order valence-electron chi connectivity index (χ0n) is 19.0. The topological polar surface area (TPSA) is 112 Å². The minimum atomic E-state index is -4.84. The van der Waals surface area contributed by atoms with Gasteiger partial charge in [0.2, 0.25) is 0 Å². The first-order valence-corrected chi connectivity index (χ1v) is 11.3. The number of anilines is 1. The minimum Gasteiger partial charge on any atom is -0.497 e. The Morgan fingerprint density at radius 1 is 1.17 bits per heavy atom. The van der Waals surface area contributed by atoms with E-state index in [4.69, 9.17) is 10.5 Å².